The lowest BCUT2D eigenvalue weighted by Gasteiger charge is -2.43. The van der Waals surface area contributed by atoms with E-state index in [9.17, 15) is 14.4 Å². The van der Waals surface area contributed by atoms with Crippen molar-refractivity contribution in [3.63, 3.8) is 0 Å². The van der Waals surface area contributed by atoms with Crippen molar-refractivity contribution >= 4 is 17.6 Å². The second-order valence-corrected chi connectivity index (χ2v) is 11.3. The van der Waals surface area contributed by atoms with Gasteiger partial charge < -0.3 is 20.3 Å². The monoisotopic (exact) mass is 519 g/mol. The summed E-state index contributed by atoms with van der Waals surface area (Å²) in [6, 6.07) is 19.9. The van der Waals surface area contributed by atoms with E-state index >= 15 is 0 Å². The second kappa shape index (κ2) is 11.8. The van der Waals surface area contributed by atoms with Crippen molar-refractivity contribution in [1.29, 1.82) is 0 Å². The molecule has 7 heteroatoms. The Bertz CT molecular complexity index is 1120. The van der Waals surface area contributed by atoms with Crippen molar-refractivity contribution in [3.8, 4) is 0 Å². The SMILES string of the molecule is CC[C@@](C)(N)C(=O)C[C@H](COCc1ccccc1)C(=O)N1CCCC2(C1)C(=O)N(C)C[C@H]2c1ccccc1. The van der Waals surface area contributed by atoms with Crippen LogP contribution in [0.1, 0.15) is 56.6 Å². The van der Waals surface area contributed by atoms with Crippen molar-refractivity contribution < 1.29 is 19.1 Å². The molecule has 7 nitrogen and oxygen atoms in total. The smallest absolute Gasteiger partial charge is 0.231 e. The summed E-state index contributed by atoms with van der Waals surface area (Å²) in [5.41, 5.74) is 6.73. The Morgan fingerprint density at radius 3 is 2.45 bits per heavy atom. The summed E-state index contributed by atoms with van der Waals surface area (Å²) in [7, 11) is 1.85. The molecule has 0 radical (unpaired) electrons. The number of ether oxygens (including phenoxy) is 1. The van der Waals surface area contributed by atoms with Gasteiger partial charge in [-0.25, -0.2) is 0 Å². The first-order valence-electron chi connectivity index (χ1n) is 13.7. The Morgan fingerprint density at radius 1 is 1.13 bits per heavy atom. The van der Waals surface area contributed by atoms with Crippen LogP contribution in [-0.4, -0.2) is 66.2 Å². The van der Waals surface area contributed by atoms with Crippen molar-refractivity contribution in [3.05, 3.63) is 71.8 Å². The molecule has 2 N–H and O–H groups in total. The third-order valence-corrected chi connectivity index (χ3v) is 8.52. The molecule has 0 aliphatic carbocycles. The average molecular weight is 520 g/mol. The number of carbonyl (C=O) groups excluding carboxylic acids is 3. The number of rotatable bonds is 10. The van der Waals surface area contributed by atoms with Gasteiger partial charge in [0.2, 0.25) is 11.8 Å². The molecule has 2 aliphatic rings. The molecule has 1 unspecified atom stereocenters. The lowest BCUT2D eigenvalue weighted by atomic mass is 9.69. The number of carbonyl (C=O) groups is 3. The fraction of sp³-hybridized carbons (Fsp3) is 0.516. The van der Waals surface area contributed by atoms with Gasteiger partial charge in [-0.15, -0.1) is 0 Å². The summed E-state index contributed by atoms with van der Waals surface area (Å²) in [6.07, 6.45) is 1.99. The van der Waals surface area contributed by atoms with E-state index in [2.05, 4.69) is 12.1 Å². The van der Waals surface area contributed by atoms with E-state index in [4.69, 9.17) is 10.5 Å². The van der Waals surface area contributed by atoms with Gasteiger partial charge in [-0.05, 0) is 37.3 Å². The third-order valence-electron chi connectivity index (χ3n) is 8.52. The summed E-state index contributed by atoms with van der Waals surface area (Å²) in [4.78, 5) is 44.3. The number of benzene rings is 2. The molecule has 2 aliphatic heterocycles. The fourth-order valence-corrected chi connectivity index (χ4v) is 5.92. The third kappa shape index (κ3) is 5.84. The summed E-state index contributed by atoms with van der Waals surface area (Å²) in [5, 5.41) is 0. The second-order valence-electron chi connectivity index (χ2n) is 11.3. The van der Waals surface area contributed by atoms with Gasteiger partial charge in [0.15, 0.2) is 5.78 Å². The number of hydrogen-bond donors (Lipinski definition) is 1. The number of Topliss-reactive ketones (excluding diaryl/α,β-unsaturated/α-hetero) is 1. The average Bonchev–Trinajstić information content (AvgIpc) is 3.17. The van der Waals surface area contributed by atoms with Crippen LogP contribution in [0.4, 0.5) is 0 Å². The molecule has 4 rings (SSSR count). The van der Waals surface area contributed by atoms with E-state index in [0.29, 0.717) is 32.7 Å². The Labute approximate surface area is 226 Å². The highest BCUT2D eigenvalue weighted by atomic mass is 16.5. The largest absolute Gasteiger partial charge is 0.376 e. The minimum absolute atomic E-state index is 0.0126. The van der Waals surface area contributed by atoms with E-state index in [0.717, 1.165) is 24.0 Å². The van der Waals surface area contributed by atoms with Gasteiger partial charge in [0.05, 0.1) is 30.1 Å². The molecule has 2 saturated heterocycles. The number of amides is 2. The van der Waals surface area contributed by atoms with Gasteiger partial charge in [0.1, 0.15) is 0 Å². The van der Waals surface area contributed by atoms with Crippen LogP contribution in [0.2, 0.25) is 0 Å². The maximum Gasteiger partial charge on any atom is 0.231 e. The lowest BCUT2D eigenvalue weighted by molar-refractivity contribution is -0.148. The molecule has 2 aromatic rings. The highest BCUT2D eigenvalue weighted by molar-refractivity contribution is 5.93. The van der Waals surface area contributed by atoms with Gasteiger partial charge in [0.25, 0.3) is 0 Å². The number of likely N-dealkylation sites (N-methyl/N-ethyl adjacent to an activating group) is 1. The topological polar surface area (TPSA) is 92.9 Å². The molecule has 2 fully saturated rings. The van der Waals surface area contributed by atoms with Gasteiger partial charge in [-0.1, -0.05) is 67.6 Å². The van der Waals surface area contributed by atoms with Crippen LogP contribution in [0.5, 0.6) is 0 Å². The molecule has 0 aromatic heterocycles. The molecule has 4 atom stereocenters. The van der Waals surface area contributed by atoms with E-state index in [-0.39, 0.29) is 36.5 Å². The molecule has 204 valence electrons. The normalized spacial score (nSPS) is 23.9. The Balaban J connectivity index is 1.55. The maximum atomic E-state index is 14.0. The number of piperidine rings is 1. The zero-order chi connectivity index (χ0) is 27.3. The molecule has 0 bridgehead atoms. The Morgan fingerprint density at radius 2 is 1.79 bits per heavy atom. The van der Waals surface area contributed by atoms with Gasteiger partial charge in [0, 0.05) is 39.0 Å². The highest BCUT2D eigenvalue weighted by Crippen LogP contribution is 2.49. The molecule has 1 spiro atoms. The zero-order valence-corrected chi connectivity index (χ0v) is 22.9. The Kier molecular flexibility index (Phi) is 8.68. The van der Waals surface area contributed by atoms with E-state index in [1.165, 1.54) is 0 Å². The molecule has 2 heterocycles. The first-order chi connectivity index (χ1) is 18.2. The van der Waals surface area contributed by atoms with Crippen LogP contribution in [-0.2, 0) is 25.7 Å². The predicted octanol–water partition coefficient (Wildman–Crippen LogP) is 3.77. The molecule has 38 heavy (non-hydrogen) atoms. The van der Waals surface area contributed by atoms with Crippen molar-refractivity contribution in [2.45, 2.75) is 57.6 Å². The zero-order valence-electron chi connectivity index (χ0n) is 22.9. The van der Waals surface area contributed by atoms with Gasteiger partial charge >= 0.3 is 0 Å². The number of nitrogens with two attached hydrogens (primary N) is 1. The van der Waals surface area contributed by atoms with Crippen LogP contribution in [0.3, 0.4) is 0 Å². The molecule has 2 amide bonds. The fourth-order valence-electron chi connectivity index (χ4n) is 5.92. The van der Waals surface area contributed by atoms with E-state index in [1.54, 1.807) is 16.7 Å². The summed E-state index contributed by atoms with van der Waals surface area (Å²) in [6.45, 7) is 5.63. The van der Waals surface area contributed by atoms with Crippen molar-refractivity contribution in [2.75, 3.05) is 33.3 Å². The van der Waals surface area contributed by atoms with Gasteiger partial charge in [-0.3, -0.25) is 14.4 Å². The summed E-state index contributed by atoms with van der Waals surface area (Å²) in [5.74, 6) is -0.824. The van der Waals surface area contributed by atoms with E-state index in [1.807, 2.05) is 62.5 Å². The molecule has 0 saturated carbocycles. The minimum Gasteiger partial charge on any atom is -0.376 e. The maximum absolute atomic E-state index is 14.0. The van der Waals surface area contributed by atoms with Gasteiger partial charge in [-0.2, -0.15) is 0 Å². The first kappa shape index (κ1) is 28.0. The number of hydrogen-bond acceptors (Lipinski definition) is 5. The highest BCUT2D eigenvalue weighted by Gasteiger charge is 2.55. The molecule has 2 aromatic carbocycles. The summed E-state index contributed by atoms with van der Waals surface area (Å²) < 4.78 is 5.97. The first-order valence-corrected chi connectivity index (χ1v) is 13.7. The molecular formula is C31H41N3O4. The standard InChI is InChI=1S/C31H41N3O4/c1-4-30(2,32)27(35)18-25(21-38-20-23-12-7-5-8-13-23)28(36)34-17-11-16-31(22-34)26(19-33(3)29(31)37)24-14-9-6-10-15-24/h5-10,12-15,25-26H,4,11,16-22,32H2,1-3H3/t25-,26+,30-,31?/m1/s1. The minimum atomic E-state index is -0.996. The lowest BCUT2D eigenvalue weighted by Crippen LogP contribution is -2.54. The van der Waals surface area contributed by atoms with Crippen molar-refractivity contribution in [2.24, 2.45) is 17.1 Å². The van der Waals surface area contributed by atoms with E-state index < -0.39 is 16.9 Å². The summed E-state index contributed by atoms with van der Waals surface area (Å²) >= 11 is 0. The number of likely N-dealkylation sites (tertiary alicyclic amines) is 2. The number of ketones is 1. The van der Waals surface area contributed by atoms with Crippen LogP contribution in [0.15, 0.2) is 60.7 Å². The van der Waals surface area contributed by atoms with Crippen molar-refractivity contribution in [1.82, 2.24) is 9.80 Å². The predicted molar refractivity (Wildman–Crippen MR) is 147 cm³/mol. The van der Waals surface area contributed by atoms with Crippen LogP contribution < -0.4 is 5.73 Å². The quantitative estimate of drug-likeness (QED) is 0.516. The number of nitrogens with zero attached hydrogens (tertiary/aromatic N) is 2. The Hall–Kier alpha value is -3.03. The van der Waals surface area contributed by atoms with Crippen LogP contribution >= 0.6 is 0 Å². The van der Waals surface area contributed by atoms with Crippen LogP contribution in [0, 0.1) is 11.3 Å². The van der Waals surface area contributed by atoms with Crippen LogP contribution in [0.25, 0.3) is 0 Å². The molecular weight excluding hydrogens is 478 g/mol.